The maximum atomic E-state index is 12.6. The van der Waals surface area contributed by atoms with Crippen LogP contribution in [0, 0.1) is 0 Å². The van der Waals surface area contributed by atoms with Gasteiger partial charge in [-0.3, -0.25) is 9.59 Å². The van der Waals surface area contributed by atoms with E-state index in [1.165, 1.54) is 0 Å². The highest BCUT2D eigenvalue weighted by Crippen LogP contribution is 2.25. The molecule has 1 aromatic rings. The highest BCUT2D eigenvalue weighted by atomic mass is 79.9. The number of carbonyl (C=O) groups excluding carboxylic acids is 2. The summed E-state index contributed by atoms with van der Waals surface area (Å²) in [6.45, 7) is 4.66. The van der Waals surface area contributed by atoms with E-state index in [1.807, 2.05) is 17.0 Å². The molecule has 0 spiro atoms. The van der Waals surface area contributed by atoms with E-state index in [0.717, 1.165) is 23.2 Å². The zero-order valence-electron chi connectivity index (χ0n) is 13.6. The molecule has 1 unspecified atom stereocenters. The van der Waals surface area contributed by atoms with Gasteiger partial charge in [-0.25, -0.2) is 0 Å². The number of hydrogen-bond acceptors (Lipinski definition) is 5. The van der Waals surface area contributed by atoms with Gasteiger partial charge in [0.05, 0.1) is 25.7 Å². The number of carbonyl (C=O) groups is 2. The number of morpholine rings is 1. The summed E-state index contributed by atoms with van der Waals surface area (Å²) in [6, 6.07) is 8.18. The van der Waals surface area contributed by atoms with E-state index in [1.54, 1.807) is 6.92 Å². The second-order valence-electron chi connectivity index (χ2n) is 5.94. The summed E-state index contributed by atoms with van der Waals surface area (Å²) in [4.78, 5) is 28.3. The zero-order chi connectivity index (χ0) is 17.1. The summed E-state index contributed by atoms with van der Waals surface area (Å²) in [7, 11) is 0. The Morgan fingerprint density at radius 1 is 1.33 bits per heavy atom. The number of anilines is 1. The van der Waals surface area contributed by atoms with E-state index in [0.29, 0.717) is 19.8 Å². The first kappa shape index (κ1) is 17.2. The predicted octanol–water partition coefficient (Wildman–Crippen LogP) is 1.82. The van der Waals surface area contributed by atoms with Crippen LogP contribution in [0.4, 0.5) is 5.69 Å². The first-order valence-electron chi connectivity index (χ1n) is 8.16. The molecule has 0 aromatic heterocycles. The van der Waals surface area contributed by atoms with Crippen molar-refractivity contribution < 1.29 is 19.1 Å². The van der Waals surface area contributed by atoms with Crippen molar-refractivity contribution in [2.75, 3.05) is 37.7 Å². The van der Waals surface area contributed by atoms with E-state index in [9.17, 15) is 9.59 Å². The fraction of sp³-hybridized carbons (Fsp3) is 0.529. The quantitative estimate of drug-likeness (QED) is 0.726. The first-order chi connectivity index (χ1) is 11.6. The standard InChI is InChI=1S/C17H21BrN2O4/c1-2-23-16(21)9-15-17(22)20-8-7-19(10-14(20)11-24-15)13-5-3-12(18)4-6-13/h3-6,14-15H,2,7-11H2,1H3/t14-,15?/m1/s1. The Balaban J connectivity index is 1.61. The van der Waals surface area contributed by atoms with Crippen molar-refractivity contribution in [3.8, 4) is 0 Å². The number of hydrogen-bond donors (Lipinski definition) is 0. The fourth-order valence-electron chi connectivity index (χ4n) is 3.18. The van der Waals surface area contributed by atoms with Crippen LogP contribution in [-0.2, 0) is 19.1 Å². The molecule has 2 aliphatic rings. The number of amides is 1. The monoisotopic (exact) mass is 396 g/mol. The first-order valence-corrected chi connectivity index (χ1v) is 8.96. The lowest BCUT2D eigenvalue weighted by Gasteiger charge is -2.46. The van der Waals surface area contributed by atoms with E-state index < -0.39 is 6.10 Å². The summed E-state index contributed by atoms with van der Waals surface area (Å²) in [5.41, 5.74) is 1.14. The smallest absolute Gasteiger partial charge is 0.308 e. The van der Waals surface area contributed by atoms with Crippen molar-refractivity contribution in [1.29, 1.82) is 0 Å². The van der Waals surface area contributed by atoms with Crippen molar-refractivity contribution in [3.63, 3.8) is 0 Å². The van der Waals surface area contributed by atoms with Gasteiger partial charge in [0.2, 0.25) is 0 Å². The summed E-state index contributed by atoms with van der Waals surface area (Å²) < 4.78 is 11.6. The van der Waals surface area contributed by atoms with Crippen molar-refractivity contribution in [2.45, 2.75) is 25.5 Å². The molecule has 2 saturated heterocycles. The maximum absolute atomic E-state index is 12.6. The van der Waals surface area contributed by atoms with Gasteiger partial charge < -0.3 is 19.3 Å². The van der Waals surface area contributed by atoms with Crippen LogP contribution in [0.15, 0.2) is 28.7 Å². The molecule has 0 bridgehead atoms. The molecule has 3 rings (SSSR count). The van der Waals surface area contributed by atoms with Crippen molar-refractivity contribution in [2.24, 2.45) is 0 Å². The number of ether oxygens (including phenoxy) is 2. The highest BCUT2D eigenvalue weighted by Gasteiger charge is 2.40. The Bertz CT molecular complexity index is 607. The predicted molar refractivity (Wildman–Crippen MR) is 92.8 cm³/mol. The molecule has 2 fully saturated rings. The molecule has 7 heteroatoms. The second kappa shape index (κ2) is 7.53. The molecule has 24 heavy (non-hydrogen) atoms. The summed E-state index contributed by atoms with van der Waals surface area (Å²) >= 11 is 3.44. The minimum Gasteiger partial charge on any atom is -0.466 e. The Hall–Kier alpha value is -1.60. The molecule has 0 N–H and O–H groups in total. The molecular formula is C17H21BrN2O4. The number of rotatable bonds is 4. The number of esters is 1. The van der Waals surface area contributed by atoms with Gasteiger partial charge in [-0.05, 0) is 31.2 Å². The number of fused-ring (bicyclic) bond motifs is 1. The average Bonchev–Trinajstić information content (AvgIpc) is 2.58. The zero-order valence-corrected chi connectivity index (χ0v) is 15.2. The van der Waals surface area contributed by atoms with Gasteiger partial charge >= 0.3 is 5.97 Å². The topological polar surface area (TPSA) is 59.1 Å². The number of halogens is 1. The van der Waals surface area contributed by atoms with Crippen LogP contribution in [0.5, 0.6) is 0 Å². The molecular weight excluding hydrogens is 376 g/mol. The number of nitrogens with zero attached hydrogens (tertiary/aromatic N) is 2. The summed E-state index contributed by atoms with van der Waals surface area (Å²) in [6.07, 6.45) is -0.716. The largest absolute Gasteiger partial charge is 0.466 e. The SMILES string of the molecule is CCOC(=O)CC1OC[C@H]2CN(c3ccc(Br)cc3)CCN2C1=O. The van der Waals surface area contributed by atoms with Crippen LogP contribution >= 0.6 is 15.9 Å². The Labute approximate surface area is 149 Å². The third-order valence-electron chi connectivity index (χ3n) is 4.38. The molecule has 0 aliphatic carbocycles. The molecule has 2 atom stereocenters. The van der Waals surface area contributed by atoms with Crippen LogP contribution < -0.4 is 4.90 Å². The second-order valence-corrected chi connectivity index (χ2v) is 6.85. The van der Waals surface area contributed by atoms with Crippen LogP contribution in [0.3, 0.4) is 0 Å². The van der Waals surface area contributed by atoms with Crippen molar-refractivity contribution >= 4 is 33.5 Å². The van der Waals surface area contributed by atoms with Gasteiger partial charge in [-0.15, -0.1) is 0 Å². The van der Waals surface area contributed by atoms with Crippen molar-refractivity contribution in [3.05, 3.63) is 28.7 Å². The lowest BCUT2D eigenvalue weighted by Crippen LogP contribution is -2.63. The lowest BCUT2D eigenvalue weighted by molar-refractivity contribution is -0.167. The molecule has 6 nitrogen and oxygen atoms in total. The third-order valence-corrected chi connectivity index (χ3v) is 4.91. The Kier molecular flexibility index (Phi) is 5.40. The summed E-state index contributed by atoms with van der Waals surface area (Å²) in [5.74, 6) is -0.488. The van der Waals surface area contributed by atoms with E-state index >= 15 is 0 Å². The Morgan fingerprint density at radius 2 is 2.08 bits per heavy atom. The van der Waals surface area contributed by atoms with E-state index in [4.69, 9.17) is 9.47 Å². The minimum atomic E-state index is -0.709. The minimum absolute atomic E-state index is 0.00762. The van der Waals surface area contributed by atoms with Gasteiger partial charge in [-0.1, -0.05) is 15.9 Å². The van der Waals surface area contributed by atoms with Crippen LogP contribution in [-0.4, -0.2) is 61.8 Å². The van der Waals surface area contributed by atoms with Gasteiger partial charge in [0.25, 0.3) is 5.91 Å². The van der Waals surface area contributed by atoms with Crippen molar-refractivity contribution in [1.82, 2.24) is 4.90 Å². The summed E-state index contributed by atoms with van der Waals surface area (Å²) in [5, 5.41) is 0. The fourth-order valence-corrected chi connectivity index (χ4v) is 3.44. The maximum Gasteiger partial charge on any atom is 0.308 e. The third kappa shape index (κ3) is 3.72. The van der Waals surface area contributed by atoms with E-state index in [-0.39, 0.29) is 24.3 Å². The molecule has 0 radical (unpaired) electrons. The molecule has 2 heterocycles. The lowest BCUT2D eigenvalue weighted by atomic mass is 10.1. The molecule has 2 aliphatic heterocycles. The van der Waals surface area contributed by atoms with Crippen LogP contribution in [0.25, 0.3) is 0 Å². The van der Waals surface area contributed by atoms with Crippen LogP contribution in [0.1, 0.15) is 13.3 Å². The van der Waals surface area contributed by atoms with E-state index in [2.05, 4.69) is 33.0 Å². The molecule has 130 valence electrons. The van der Waals surface area contributed by atoms with Gasteiger partial charge in [0, 0.05) is 29.8 Å². The highest BCUT2D eigenvalue weighted by molar-refractivity contribution is 9.10. The molecule has 0 saturated carbocycles. The Morgan fingerprint density at radius 3 is 2.79 bits per heavy atom. The van der Waals surface area contributed by atoms with Crippen LogP contribution in [0.2, 0.25) is 0 Å². The molecule has 1 aromatic carbocycles. The normalized spacial score (nSPS) is 23.8. The van der Waals surface area contributed by atoms with Gasteiger partial charge in [0.15, 0.2) is 0 Å². The number of piperazine rings is 1. The van der Waals surface area contributed by atoms with Gasteiger partial charge in [-0.2, -0.15) is 0 Å². The average molecular weight is 397 g/mol. The number of benzene rings is 1. The van der Waals surface area contributed by atoms with Gasteiger partial charge in [0.1, 0.15) is 6.10 Å². The molecule has 1 amide bonds.